The summed E-state index contributed by atoms with van der Waals surface area (Å²) in [7, 11) is 1.57. The molecule has 3 aliphatic heterocycles. The number of Topliss-reactive ketones (excluding diaryl/α,β-unsaturated/α-hetero) is 1. The number of carbonyl (C=O) groups excluding carboxylic acids is 2. The van der Waals surface area contributed by atoms with Crippen molar-refractivity contribution in [3.63, 3.8) is 0 Å². The summed E-state index contributed by atoms with van der Waals surface area (Å²) in [5, 5.41) is 0. The van der Waals surface area contributed by atoms with Crippen LogP contribution in [-0.2, 0) is 4.79 Å². The molecule has 0 aliphatic carbocycles. The van der Waals surface area contributed by atoms with E-state index in [1.807, 2.05) is 12.1 Å². The lowest BCUT2D eigenvalue weighted by Crippen LogP contribution is -2.39. The first-order valence-electron chi connectivity index (χ1n) is 11.5. The van der Waals surface area contributed by atoms with E-state index in [-0.39, 0.29) is 17.6 Å². The first kappa shape index (κ1) is 22.1. The predicted molar refractivity (Wildman–Crippen MR) is 124 cm³/mol. The van der Waals surface area contributed by atoms with Crippen molar-refractivity contribution in [2.45, 2.75) is 12.8 Å². The third-order valence-electron chi connectivity index (χ3n) is 6.27. The molecule has 3 aliphatic rings. The van der Waals surface area contributed by atoms with Gasteiger partial charge in [0, 0.05) is 30.6 Å². The molecule has 0 atom stereocenters. The second kappa shape index (κ2) is 9.67. The van der Waals surface area contributed by atoms with Crippen LogP contribution in [0.2, 0.25) is 0 Å². The Morgan fingerprint density at radius 1 is 0.912 bits per heavy atom. The first-order chi connectivity index (χ1) is 16.6. The van der Waals surface area contributed by atoms with Crippen molar-refractivity contribution in [3.8, 4) is 28.7 Å². The average molecular weight is 466 g/mol. The van der Waals surface area contributed by atoms with Crippen LogP contribution in [0.15, 0.2) is 36.4 Å². The molecule has 0 N–H and O–H groups in total. The van der Waals surface area contributed by atoms with E-state index < -0.39 is 0 Å². The van der Waals surface area contributed by atoms with Gasteiger partial charge in [-0.1, -0.05) is 0 Å². The number of ether oxygens (including phenoxy) is 5. The summed E-state index contributed by atoms with van der Waals surface area (Å²) in [6.45, 7) is 3.02. The van der Waals surface area contributed by atoms with Crippen molar-refractivity contribution in [1.82, 2.24) is 4.90 Å². The molecule has 8 nitrogen and oxygen atoms in total. The van der Waals surface area contributed by atoms with Crippen LogP contribution < -0.4 is 23.7 Å². The van der Waals surface area contributed by atoms with Crippen molar-refractivity contribution < 1.29 is 33.3 Å². The van der Waals surface area contributed by atoms with Gasteiger partial charge >= 0.3 is 0 Å². The van der Waals surface area contributed by atoms with Gasteiger partial charge in [0.25, 0.3) is 0 Å². The monoisotopic (exact) mass is 465 g/mol. The number of nitrogens with zero attached hydrogens (tertiary/aromatic N) is 1. The van der Waals surface area contributed by atoms with E-state index in [0.717, 1.165) is 5.56 Å². The number of benzene rings is 2. The lowest BCUT2D eigenvalue weighted by Gasteiger charge is -2.30. The molecule has 1 saturated heterocycles. The summed E-state index contributed by atoms with van der Waals surface area (Å²) in [5.74, 6) is 2.94. The van der Waals surface area contributed by atoms with E-state index in [1.165, 1.54) is 0 Å². The molecule has 178 valence electrons. The maximum atomic E-state index is 13.0. The summed E-state index contributed by atoms with van der Waals surface area (Å²) in [4.78, 5) is 27.5. The molecule has 3 heterocycles. The van der Waals surface area contributed by atoms with E-state index in [9.17, 15) is 9.59 Å². The summed E-state index contributed by atoms with van der Waals surface area (Å²) < 4.78 is 27.8. The summed E-state index contributed by atoms with van der Waals surface area (Å²) in [6.07, 6.45) is 4.55. The van der Waals surface area contributed by atoms with Gasteiger partial charge in [-0.05, 0) is 54.8 Å². The van der Waals surface area contributed by atoms with E-state index >= 15 is 0 Å². The van der Waals surface area contributed by atoms with Crippen LogP contribution in [-0.4, -0.2) is 63.2 Å². The van der Waals surface area contributed by atoms with Gasteiger partial charge in [-0.3, -0.25) is 9.59 Å². The van der Waals surface area contributed by atoms with Crippen LogP contribution >= 0.6 is 0 Å². The smallest absolute Gasteiger partial charge is 0.246 e. The standard InChI is InChI=1S/C26H27NO7/c1-30-22-14-17(15-23-26(22)34-13-12-33-23)2-5-24(28)27-8-6-18(7-9-27)25(29)19-3-4-20-21(16-19)32-11-10-31-20/h2-5,14-16,18H,6-13H2,1H3/b5-2+. The maximum Gasteiger partial charge on any atom is 0.246 e. The summed E-state index contributed by atoms with van der Waals surface area (Å²) in [5.41, 5.74) is 1.42. The molecule has 0 spiro atoms. The highest BCUT2D eigenvalue weighted by Gasteiger charge is 2.28. The fourth-order valence-electron chi connectivity index (χ4n) is 4.46. The molecule has 8 heteroatoms. The Kier molecular flexibility index (Phi) is 6.29. The Hall–Kier alpha value is -3.68. The van der Waals surface area contributed by atoms with Gasteiger partial charge in [0.05, 0.1) is 7.11 Å². The summed E-state index contributed by atoms with van der Waals surface area (Å²) in [6, 6.07) is 8.99. The molecular weight excluding hydrogens is 438 g/mol. The zero-order chi connectivity index (χ0) is 23.5. The van der Waals surface area contributed by atoms with Crippen molar-refractivity contribution >= 4 is 17.8 Å². The van der Waals surface area contributed by atoms with Gasteiger partial charge < -0.3 is 28.6 Å². The molecule has 0 aromatic heterocycles. The molecule has 2 aromatic rings. The Labute approximate surface area is 198 Å². The van der Waals surface area contributed by atoms with Crippen molar-refractivity contribution in [2.75, 3.05) is 46.6 Å². The highest BCUT2D eigenvalue weighted by molar-refractivity contribution is 5.99. The van der Waals surface area contributed by atoms with Gasteiger partial charge in [0.2, 0.25) is 11.7 Å². The number of likely N-dealkylation sites (tertiary alicyclic amines) is 1. The number of rotatable bonds is 5. The lowest BCUT2D eigenvalue weighted by atomic mass is 9.88. The number of methoxy groups -OCH3 is 1. The minimum Gasteiger partial charge on any atom is -0.493 e. The number of ketones is 1. The van der Waals surface area contributed by atoms with Crippen LogP contribution in [0, 0.1) is 5.92 Å². The number of piperidine rings is 1. The molecule has 1 fully saturated rings. The van der Waals surface area contributed by atoms with E-state index in [0.29, 0.717) is 86.7 Å². The van der Waals surface area contributed by atoms with Crippen LogP contribution in [0.25, 0.3) is 6.08 Å². The van der Waals surface area contributed by atoms with Gasteiger partial charge in [0.15, 0.2) is 28.8 Å². The summed E-state index contributed by atoms with van der Waals surface area (Å²) >= 11 is 0. The second-order valence-electron chi connectivity index (χ2n) is 8.40. The molecule has 5 rings (SSSR count). The topological polar surface area (TPSA) is 83.5 Å². The minimum absolute atomic E-state index is 0.0842. The molecule has 1 amide bonds. The molecule has 0 bridgehead atoms. The molecule has 34 heavy (non-hydrogen) atoms. The molecule has 2 aromatic carbocycles. The van der Waals surface area contributed by atoms with Crippen LogP contribution in [0.1, 0.15) is 28.8 Å². The third kappa shape index (κ3) is 4.53. The van der Waals surface area contributed by atoms with Crippen LogP contribution in [0.4, 0.5) is 0 Å². The number of carbonyl (C=O) groups is 2. The van der Waals surface area contributed by atoms with Gasteiger partial charge in [-0.25, -0.2) is 0 Å². The van der Waals surface area contributed by atoms with Crippen molar-refractivity contribution in [3.05, 3.63) is 47.5 Å². The van der Waals surface area contributed by atoms with Gasteiger partial charge in [0.1, 0.15) is 26.4 Å². The van der Waals surface area contributed by atoms with E-state index in [2.05, 4.69) is 0 Å². The Morgan fingerprint density at radius 2 is 1.62 bits per heavy atom. The number of fused-ring (bicyclic) bond motifs is 2. The Bertz CT molecular complexity index is 1100. The molecule has 0 radical (unpaired) electrons. The number of hydrogen-bond donors (Lipinski definition) is 0. The van der Waals surface area contributed by atoms with Gasteiger partial charge in [-0.2, -0.15) is 0 Å². The Morgan fingerprint density at radius 3 is 2.38 bits per heavy atom. The molecule has 0 unspecified atom stereocenters. The third-order valence-corrected chi connectivity index (χ3v) is 6.27. The molecule has 0 saturated carbocycles. The zero-order valence-electron chi connectivity index (χ0n) is 19.1. The predicted octanol–water partition coefficient (Wildman–Crippen LogP) is 3.37. The fraction of sp³-hybridized carbons (Fsp3) is 0.385. The maximum absolute atomic E-state index is 13.0. The zero-order valence-corrected chi connectivity index (χ0v) is 19.1. The highest BCUT2D eigenvalue weighted by atomic mass is 16.6. The van der Waals surface area contributed by atoms with E-state index in [4.69, 9.17) is 23.7 Å². The van der Waals surface area contributed by atoms with E-state index in [1.54, 1.807) is 42.4 Å². The first-order valence-corrected chi connectivity index (χ1v) is 11.5. The lowest BCUT2D eigenvalue weighted by molar-refractivity contribution is -0.127. The highest BCUT2D eigenvalue weighted by Crippen LogP contribution is 2.40. The van der Waals surface area contributed by atoms with Crippen molar-refractivity contribution in [2.24, 2.45) is 5.92 Å². The fourth-order valence-corrected chi connectivity index (χ4v) is 4.46. The molecular formula is C26H27NO7. The minimum atomic E-state index is -0.113. The average Bonchev–Trinajstić information content (AvgIpc) is 2.90. The largest absolute Gasteiger partial charge is 0.493 e. The number of amides is 1. The van der Waals surface area contributed by atoms with Crippen LogP contribution in [0.5, 0.6) is 28.7 Å². The second-order valence-corrected chi connectivity index (χ2v) is 8.40. The normalized spacial score (nSPS) is 17.5. The van der Waals surface area contributed by atoms with Gasteiger partial charge in [-0.15, -0.1) is 0 Å². The Balaban J connectivity index is 1.19. The number of hydrogen-bond acceptors (Lipinski definition) is 7. The quantitative estimate of drug-likeness (QED) is 0.495. The van der Waals surface area contributed by atoms with Crippen molar-refractivity contribution in [1.29, 1.82) is 0 Å². The SMILES string of the molecule is COc1cc(/C=C/C(=O)N2CCC(C(=O)c3ccc4c(c3)OCCO4)CC2)cc2c1OCCO2. The van der Waals surface area contributed by atoms with Crippen LogP contribution in [0.3, 0.4) is 0 Å².